The van der Waals surface area contributed by atoms with Crippen molar-refractivity contribution >= 4 is 11.8 Å². The molecule has 2 heterocycles. The Labute approximate surface area is 87.3 Å². The van der Waals surface area contributed by atoms with Crippen LogP contribution in [0.1, 0.15) is 12.1 Å². The molecule has 0 radical (unpaired) electrons. The molecule has 0 spiro atoms. The smallest absolute Gasteiger partial charge is 0.146 e. The van der Waals surface area contributed by atoms with Gasteiger partial charge in [0.05, 0.1) is 5.69 Å². The quantitative estimate of drug-likeness (QED) is 0.827. The molecule has 1 atom stereocenters. The molecule has 0 aromatic carbocycles. The third kappa shape index (κ3) is 2.45. The molecule has 4 heteroatoms. The SMILES string of the molecule is Fc1cccnc1CNC1CCSC1. The minimum absolute atomic E-state index is 0.217. The molecule has 1 aromatic heterocycles. The Balaban J connectivity index is 1.88. The average Bonchev–Trinajstić information content (AvgIpc) is 2.69. The zero-order valence-corrected chi connectivity index (χ0v) is 8.69. The minimum atomic E-state index is -0.217. The lowest BCUT2D eigenvalue weighted by atomic mass is 10.2. The van der Waals surface area contributed by atoms with Crippen LogP contribution in [0.15, 0.2) is 18.3 Å². The van der Waals surface area contributed by atoms with E-state index >= 15 is 0 Å². The summed E-state index contributed by atoms with van der Waals surface area (Å²) in [7, 11) is 0. The Morgan fingerprint density at radius 3 is 3.29 bits per heavy atom. The van der Waals surface area contributed by atoms with Crippen molar-refractivity contribution in [1.82, 2.24) is 10.3 Å². The van der Waals surface area contributed by atoms with Crippen molar-refractivity contribution in [2.45, 2.75) is 19.0 Å². The zero-order valence-electron chi connectivity index (χ0n) is 7.87. The molecule has 1 fully saturated rings. The van der Waals surface area contributed by atoms with Crippen LogP contribution in [0.4, 0.5) is 4.39 Å². The fourth-order valence-corrected chi connectivity index (χ4v) is 2.67. The molecule has 14 heavy (non-hydrogen) atoms. The Kier molecular flexibility index (Phi) is 3.37. The first-order chi connectivity index (χ1) is 6.86. The first-order valence-corrected chi connectivity index (χ1v) is 5.92. The molecule has 2 nitrogen and oxygen atoms in total. The van der Waals surface area contributed by atoms with Crippen molar-refractivity contribution in [2.24, 2.45) is 0 Å². The number of halogens is 1. The van der Waals surface area contributed by atoms with Crippen molar-refractivity contribution in [1.29, 1.82) is 0 Å². The van der Waals surface area contributed by atoms with Crippen LogP contribution in [0.5, 0.6) is 0 Å². The molecule has 0 aliphatic carbocycles. The summed E-state index contributed by atoms with van der Waals surface area (Å²) in [6, 6.07) is 3.60. The predicted molar refractivity (Wildman–Crippen MR) is 56.8 cm³/mol. The van der Waals surface area contributed by atoms with Gasteiger partial charge in [0.1, 0.15) is 5.82 Å². The van der Waals surface area contributed by atoms with E-state index in [9.17, 15) is 4.39 Å². The lowest BCUT2D eigenvalue weighted by Gasteiger charge is -2.10. The maximum atomic E-state index is 13.2. The second kappa shape index (κ2) is 4.75. The predicted octanol–water partition coefficient (Wildman–Crippen LogP) is 1.82. The number of aromatic nitrogens is 1. The molecule has 1 aliphatic rings. The highest BCUT2D eigenvalue weighted by molar-refractivity contribution is 7.99. The van der Waals surface area contributed by atoms with E-state index in [1.54, 1.807) is 12.3 Å². The van der Waals surface area contributed by atoms with Crippen molar-refractivity contribution in [2.75, 3.05) is 11.5 Å². The largest absolute Gasteiger partial charge is 0.307 e. The van der Waals surface area contributed by atoms with Gasteiger partial charge < -0.3 is 5.32 Å². The topological polar surface area (TPSA) is 24.9 Å². The highest BCUT2D eigenvalue weighted by atomic mass is 32.2. The van der Waals surface area contributed by atoms with E-state index in [2.05, 4.69) is 10.3 Å². The molecule has 1 N–H and O–H groups in total. The number of thioether (sulfide) groups is 1. The number of rotatable bonds is 3. The zero-order chi connectivity index (χ0) is 9.80. The molecule has 0 bridgehead atoms. The molecule has 0 amide bonds. The van der Waals surface area contributed by atoms with Gasteiger partial charge in [-0.05, 0) is 24.3 Å². The fourth-order valence-electron chi connectivity index (χ4n) is 1.48. The molecule has 1 unspecified atom stereocenters. The summed E-state index contributed by atoms with van der Waals surface area (Å²) in [5, 5.41) is 3.32. The van der Waals surface area contributed by atoms with Crippen molar-refractivity contribution in [3.05, 3.63) is 29.8 Å². The molecule has 1 aromatic rings. The molecule has 1 aliphatic heterocycles. The van der Waals surface area contributed by atoms with Crippen molar-refractivity contribution in [3.8, 4) is 0 Å². The van der Waals surface area contributed by atoms with Crippen LogP contribution in [0.25, 0.3) is 0 Å². The minimum Gasteiger partial charge on any atom is -0.307 e. The summed E-state index contributed by atoms with van der Waals surface area (Å²) in [5.41, 5.74) is 0.518. The number of hydrogen-bond donors (Lipinski definition) is 1. The molecule has 1 saturated heterocycles. The first kappa shape index (κ1) is 9.93. The van der Waals surface area contributed by atoms with Crippen LogP contribution in [0, 0.1) is 5.82 Å². The third-order valence-corrected chi connectivity index (χ3v) is 3.48. The van der Waals surface area contributed by atoms with Gasteiger partial charge in [-0.2, -0.15) is 11.8 Å². The van der Waals surface area contributed by atoms with E-state index in [0.717, 1.165) is 5.75 Å². The first-order valence-electron chi connectivity index (χ1n) is 4.77. The van der Waals surface area contributed by atoms with E-state index in [4.69, 9.17) is 0 Å². The molecular formula is C10H13FN2S. The van der Waals surface area contributed by atoms with Crippen LogP contribution in [-0.2, 0) is 6.54 Å². The molecule has 76 valence electrons. The molecular weight excluding hydrogens is 199 g/mol. The van der Waals surface area contributed by atoms with E-state index in [-0.39, 0.29) is 5.82 Å². The van der Waals surface area contributed by atoms with Crippen LogP contribution in [0.2, 0.25) is 0 Å². The monoisotopic (exact) mass is 212 g/mol. The lowest BCUT2D eigenvalue weighted by Crippen LogP contribution is -2.28. The number of nitrogens with zero attached hydrogens (tertiary/aromatic N) is 1. The average molecular weight is 212 g/mol. The van der Waals surface area contributed by atoms with E-state index < -0.39 is 0 Å². The number of pyridine rings is 1. The summed E-state index contributed by atoms with van der Waals surface area (Å²) < 4.78 is 13.2. The molecule has 2 rings (SSSR count). The number of nitrogens with one attached hydrogen (secondary N) is 1. The van der Waals surface area contributed by atoms with Gasteiger partial charge in [-0.1, -0.05) is 0 Å². The summed E-state index contributed by atoms with van der Waals surface area (Å²) in [4.78, 5) is 3.99. The van der Waals surface area contributed by atoms with Gasteiger partial charge in [-0.3, -0.25) is 4.98 Å². The van der Waals surface area contributed by atoms with Gasteiger partial charge in [0.25, 0.3) is 0 Å². The maximum Gasteiger partial charge on any atom is 0.146 e. The van der Waals surface area contributed by atoms with Crippen LogP contribution >= 0.6 is 11.8 Å². The second-order valence-corrected chi connectivity index (χ2v) is 4.52. The van der Waals surface area contributed by atoms with Gasteiger partial charge in [-0.25, -0.2) is 4.39 Å². The Morgan fingerprint density at radius 1 is 1.64 bits per heavy atom. The van der Waals surface area contributed by atoms with Gasteiger partial charge in [0.15, 0.2) is 0 Å². The fraction of sp³-hybridized carbons (Fsp3) is 0.500. The van der Waals surface area contributed by atoms with Crippen LogP contribution < -0.4 is 5.32 Å². The Morgan fingerprint density at radius 2 is 2.57 bits per heavy atom. The van der Waals surface area contributed by atoms with Crippen molar-refractivity contribution < 1.29 is 4.39 Å². The van der Waals surface area contributed by atoms with Gasteiger partial charge in [-0.15, -0.1) is 0 Å². The maximum absolute atomic E-state index is 13.2. The second-order valence-electron chi connectivity index (χ2n) is 3.37. The summed E-state index contributed by atoms with van der Waals surface area (Å²) in [5.74, 6) is 2.13. The van der Waals surface area contributed by atoms with E-state index in [1.165, 1.54) is 18.2 Å². The Hall–Kier alpha value is -0.610. The van der Waals surface area contributed by atoms with Crippen LogP contribution in [-0.4, -0.2) is 22.5 Å². The third-order valence-electron chi connectivity index (χ3n) is 2.32. The standard InChI is InChI=1S/C10H13FN2S/c11-9-2-1-4-12-10(9)6-13-8-3-5-14-7-8/h1-2,4,8,13H,3,5-7H2. The Bertz CT molecular complexity index is 300. The van der Waals surface area contributed by atoms with Crippen LogP contribution in [0.3, 0.4) is 0 Å². The highest BCUT2D eigenvalue weighted by Crippen LogP contribution is 2.17. The lowest BCUT2D eigenvalue weighted by molar-refractivity contribution is 0.524. The van der Waals surface area contributed by atoms with Crippen molar-refractivity contribution in [3.63, 3.8) is 0 Å². The normalized spacial score (nSPS) is 21.4. The summed E-state index contributed by atoms with van der Waals surface area (Å²) in [6.07, 6.45) is 2.81. The van der Waals surface area contributed by atoms with Gasteiger partial charge in [0, 0.05) is 24.5 Å². The molecule has 0 saturated carbocycles. The number of hydrogen-bond acceptors (Lipinski definition) is 3. The van der Waals surface area contributed by atoms with Gasteiger partial charge >= 0.3 is 0 Å². The summed E-state index contributed by atoms with van der Waals surface area (Å²) in [6.45, 7) is 0.540. The van der Waals surface area contributed by atoms with E-state index in [1.807, 2.05) is 11.8 Å². The highest BCUT2D eigenvalue weighted by Gasteiger charge is 2.15. The summed E-state index contributed by atoms with van der Waals surface area (Å²) >= 11 is 1.94. The van der Waals surface area contributed by atoms with E-state index in [0.29, 0.717) is 18.3 Å². The van der Waals surface area contributed by atoms with Gasteiger partial charge in [0.2, 0.25) is 0 Å².